The van der Waals surface area contributed by atoms with Gasteiger partial charge in [0.15, 0.2) is 10.8 Å². The summed E-state index contributed by atoms with van der Waals surface area (Å²) in [5.41, 5.74) is 4.88. The summed E-state index contributed by atoms with van der Waals surface area (Å²) in [5, 5.41) is 23.6. The van der Waals surface area contributed by atoms with Crippen molar-refractivity contribution < 1.29 is 44.3 Å². The molecule has 1 aromatic heterocycles. The van der Waals surface area contributed by atoms with E-state index < -0.39 is 11.7 Å². The molecule has 0 aliphatic rings. The van der Waals surface area contributed by atoms with Crippen molar-refractivity contribution in [3.63, 3.8) is 0 Å². The summed E-state index contributed by atoms with van der Waals surface area (Å²) in [5.74, 6) is -1.54. The number of carbonyl (C=O) groups is 1. The molecule has 0 bridgehead atoms. The Morgan fingerprint density at radius 2 is 2.50 bits per heavy atom. The molecule has 1 aromatic rings. The van der Waals surface area contributed by atoms with Gasteiger partial charge in [-0.2, -0.15) is 5.26 Å². The van der Waals surface area contributed by atoms with Crippen LogP contribution in [0.3, 0.4) is 0 Å². The van der Waals surface area contributed by atoms with E-state index in [0.717, 1.165) is 11.3 Å². The second-order valence-electron chi connectivity index (χ2n) is 2.23. The Bertz CT molecular complexity index is 439. The van der Waals surface area contributed by atoms with E-state index in [1.165, 1.54) is 5.38 Å². The average Bonchev–Trinajstić information content (AvgIpc) is 2.59. The Kier molecular flexibility index (Phi) is 6.67. The number of aliphatic carboxylic acids is 1. The topological polar surface area (TPSA) is 124 Å². The predicted octanol–water partition coefficient (Wildman–Crippen LogP) is -4.28. The number of carboxylic acids is 1. The van der Waals surface area contributed by atoms with Gasteiger partial charge in [0.1, 0.15) is 11.8 Å². The van der Waals surface area contributed by atoms with Crippen LogP contribution < -0.4 is 40.4 Å². The molecular weight excluding hydrogens is 243 g/mol. The van der Waals surface area contributed by atoms with Gasteiger partial charge in [-0.05, 0) is 0 Å². The first-order valence-electron chi connectivity index (χ1n) is 3.64. The molecule has 0 aliphatic carbocycles. The normalized spacial score (nSPS) is 10.1. The molecule has 0 unspecified atom stereocenters. The number of aromatic nitrogens is 1. The molecule has 0 saturated heterocycles. The van der Waals surface area contributed by atoms with Crippen molar-refractivity contribution in [2.45, 2.75) is 0 Å². The minimum absolute atomic E-state index is 0. The molecule has 0 atom stereocenters. The number of rotatable bonds is 4. The smallest absolute Gasteiger partial charge is 0.543 e. The number of nitrogens with zero attached hydrogens (tertiary/aromatic N) is 3. The molecule has 0 aromatic carbocycles. The van der Waals surface area contributed by atoms with Crippen molar-refractivity contribution in [2.24, 2.45) is 5.16 Å². The van der Waals surface area contributed by atoms with Gasteiger partial charge in [0.25, 0.3) is 0 Å². The minimum atomic E-state index is -1.54. The van der Waals surface area contributed by atoms with Crippen molar-refractivity contribution in [1.82, 2.24) is 4.98 Å². The number of nitrogens with two attached hydrogens (primary N) is 1. The summed E-state index contributed by atoms with van der Waals surface area (Å²) in [6.07, 6.45) is 0. The molecule has 0 amide bonds. The number of oxime groups is 1. The average molecular weight is 248 g/mol. The third-order valence-corrected chi connectivity index (χ3v) is 1.92. The zero-order valence-corrected chi connectivity index (χ0v) is 11.2. The predicted molar refractivity (Wildman–Crippen MR) is 49.6 cm³/mol. The number of hydrogen-bond acceptors (Lipinski definition) is 8. The summed E-state index contributed by atoms with van der Waals surface area (Å²) in [6, 6.07) is 1.63. The van der Waals surface area contributed by atoms with Crippen LogP contribution in [0.25, 0.3) is 0 Å². The van der Waals surface area contributed by atoms with Crippen LogP contribution in [0.2, 0.25) is 0 Å². The SMILES string of the molecule is N#CCO/N=C(\C(=O)[O-])c1csc(N)n1.[Na+]. The van der Waals surface area contributed by atoms with Crippen molar-refractivity contribution in [2.75, 3.05) is 12.3 Å². The summed E-state index contributed by atoms with van der Waals surface area (Å²) >= 11 is 1.06. The molecule has 0 saturated carbocycles. The maximum atomic E-state index is 10.6. The number of carboxylic acid groups (broad SMARTS) is 1. The fourth-order valence-electron chi connectivity index (χ4n) is 0.711. The molecule has 0 spiro atoms. The quantitative estimate of drug-likeness (QED) is 0.249. The van der Waals surface area contributed by atoms with Gasteiger partial charge in [0, 0.05) is 5.38 Å². The molecule has 0 fully saturated rings. The third-order valence-electron chi connectivity index (χ3n) is 1.24. The van der Waals surface area contributed by atoms with Crippen molar-refractivity contribution >= 4 is 28.1 Å². The first kappa shape index (κ1) is 14.9. The Labute approximate surface area is 117 Å². The van der Waals surface area contributed by atoms with Crippen molar-refractivity contribution in [3.05, 3.63) is 11.1 Å². The van der Waals surface area contributed by atoms with Gasteiger partial charge in [-0.3, -0.25) is 0 Å². The fraction of sp³-hybridized carbons (Fsp3) is 0.143. The fourth-order valence-corrected chi connectivity index (χ4v) is 1.26. The van der Waals surface area contributed by atoms with E-state index in [9.17, 15) is 9.90 Å². The molecule has 1 heterocycles. The molecule has 78 valence electrons. The van der Waals surface area contributed by atoms with Gasteiger partial charge in [0.05, 0.1) is 5.97 Å². The summed E-state index contributed by atoms with van der Waals surface area (Å²) in [4.78, 5) is 18.7. The van der Waals surface area contributed by atoms with E-state index >= 15 is 0 Å². The Balaban J connectivity index is 0.00000225. The van der Waals surface area contributed by atoms with E-state index in [4.69, 9.17) is 11.0 Å². The monoisotopic (exact) mass is 248 g/mol. The number of carbonyl (C=O) groups excluding carboxylic acids is 1. The van der Waals surface area contributed by atoms with Crippen LogP contribution in [0.1, 0.15) is 5.69 Å². The second-order valence-corrected chi connectivity index (χ2v) is 3.12. The van der Waals surface area contributed by atoms with E-state index in [1.54, 1.807) is 6.07 Å². The van der Waals surface area contributed by atoms with E-state index in [-0.39, 0.29) is 47.0 Å². The van der Waals surface area contributed by atoms with Gasteiger partial charge in [-0.15, -0.1) is 11.3 Å². The van der Waals surface area contributed by atoms with Crippen LogP contribution in [-0.2, 0) is 9.63 Å². The maximum absolute atomic E-state index is 10.6. The van der Waals surface area contributed by atoms with Crippen LogP contribution >= 0.6 is 11.3 Å². The van der Waals surface area contributed by atoms with Crippen LogP contribution in [0.4, 0.5) is 5.13 Å². The zero-order chi connectivity index (χ0) is 11.3. The molecule has 0 aliphatic heterocycles. The van der Waals surface area contributed by atoms with E-state index in [0.29, 0.717) is 0 Å². The first-order valence-corrected chi connectivity index (χ1v) is 4.52. The molecular formula is C7H5N4NaO3S. The number of nitrogen functional groups attached to an aromatic ring is 1. The minimum Gasteiger partial charge on any atom is -0.543 e. The van der Waals surface area contributed by atoms with Crippen molar-refractivity contribution in [3.8, 4) is 6.07 Å². The standard InChI is InChI=1S/C7H6N4O3S.Na/c8-1-2-14-11-5(6(12)13)4-3-15-7(9)10-4;/h3H,2H2,(H2,9,10)(H,12,13);/q;+1/p-1/b11-5-;. The third kappa shape index (κ3) is 4.16. The van der Waals surface area contributed by atoms with Gasteiger partial charge in [-0.1, -0.05) is 5.16 Å². The Morgan fingerprint density at radius 3 is 2.94 bits per heavy atom. The van der Waals surface area contributed by atoms with Gasteiger partial charge in [-0.25, -0.2) is 4.98 Å². The van der Waals surface area contributed by atoms with Crippen LogP contribution in [-0.4, -0.2) is 23.3 Å². The summed E-state index contributed by atoms with van der Waals surface area (Å²) in [7, 11) is 0. The van der Waals surface area contributed by atoms with Crippen LogP contribution in [0.15, 0.2) is 10.5 Å². The second kappa shape index (κ2) is 7.19. The Morgan fingerprint density at radius 1 is 1.81 bits per heavy atom. The zero-order valence-electron chi connectivity index (χ0n) is 8.34. The molecule has 7 nitrogen and oxygen atoms in total. The number of thiazole rings is 1. The van der Waals surface area contributed by atoms with Crippen LogP contribution in [0, 0.1) is 11.3 Å². The van der Waals surface area contributed by atoms with Gasteiger partial charge >= 0.3 is 29.6 Å². The molecule has 1 rings (SSSR count). The van der Waals surface area contributed by atoms with Gasteiger partial charge < -0.3 is 20.5 Å². The summed E-state index contributed by atoms with van der Waals surface area (Å²) < 4.78 is 0. The molecule has 16 heavy (non-hydrogen) atoms. The molecule has 0 radical (unpaired) electrons. The molecule has 9 heteroatoms. The van der Waals surface area contributed by atoms with E-state index in [2.05, 4.69) is 15.0 Å². The maximum Gasteiger partial charge on any atom is 1.00 e. The number of anilines is 1. The molecule has 2 N–H and O–H groups in total. The summed E-state index contributed by atoms with van der Waals surface area (Å²) in [6.45, 7) is -0.351. The van der Waals surface area contributed by atoms with Crippen molar-refractivity contribution in [1.29, 1.82) is 5.26 Å². The Hall–Kier alpha value is -1.14. The van der Waals surface area contributed by atoms with E-state index in [1.807, 2.05) is 0 Å². The number of hydrogen-bond donors (Lipinski definition) is 1. The van der Waals surface area contributed by atoms with Crippen LogP contribution in [0.5, 0.6) is 0 Å². The first-order chi connectivity index (χ1) is 7.15. The van der Waals surface area contributed by atoms with Gasteiger partial charge in [0.2, 0.25) is 6.61 Å². The largest absolute Gasteiger partial charge is 1.00 e. The number of nitriles is 1.